The average Bonchev–Trinajstić information content (AvgIpc) is 3.20. The molecular formula is C26H22N4O2S. The Balaban J connectivity index is 1.43. The summed E-state index contributed by atoms with van der Waals surface area (Å²) in [5, 5.41) is 14.6. The van der Waals surface area contributed by atoms with Gasteiger partial charge in [-0.15, -0.1) is 11.8 Å². The van der Waals surface area contributed by atoms with Crippen LogP contribution in [0.1, 0.15) is 16.7 Å². The number of aromatic nitrogens is 1. The molecule has 3 aromatic carbocycles. The molecule has 0 saturated heterocycles. The molecule has 0 unspecified atom stereocenters. The molecule has 1 heterocycles. The van der Waals surface area contributed by atoms with Crippen molar-refractivity contribution < 1.29 is 9.53 Å². The van der Waals surface area contributed by atoms with Crippen LogP contribution in [0.2, 0.25) is 0 Å². The van der Waals surface area contributed by atoms with Gasteiger partial charge in [0.15, 0.2) is 0 Å². The minimum Gasteiger partial charge on any atom is -0.497 e. The smallest absolute Gasteiger partial charge is 0.250 e. The van der Waals surface area contributed by atoms with Crippen LogP contribution in [0.25, 0.3) is 10.9 Å². The molecule has 0 bridgehead atoms. The van der Waals surface area contributed by atoms with Gasteiger partial charge in [-0.25, -0.2) is 5.43 Å². The first kappa shape index (κ1) is 22.2. The highest BCUT2D eigenvalue weighted by molar-refractivity contribution is 8.00. The molecule has 0 spiro atoms. The van der Waals surface area contributed by atoms with E-state index in [2.05, 4.69) is 21.2 Å². The summed E-state index contributed by atoms with van der Waals surface area (Å²) >= 11 is 1.43. The second kappa shape index (κ2) is 10.5. The number of para-hydroxylation sites is 1. The molecule has 164 valence electrons. The highest BCUT2D eigenvalue weighted by Crippen LogP contribution is 2.23. The molecule has 0 aliphatic carbocycles. The third-order valence-corrected chi connectivity index (χ3v) is 6.13. The molecule has 7 heteroatoms. The van der Waals surface area contributed by atoms with E-state index in [0.29, 0.717) is 12.1 Å². The Labute approximate surface area is 196 Å². The van der Waals surface area contributed by atoms with Crippen molar-refractivity contribution in [3.05, 3.63) is 95.7 Å². The summed E-state index contributed by atoms with van der Waals surface area (Å²) in [5.41, 5.74) is 6.14. The van der Waals surface area contributed by atoms with Gasteiger partial charge in [0.05, 0.1) is 30.7 Å². The molecular weight excluding hydrogens is 432 g/mol. The monoisotopic (exact) mass is 454 g/mol. The lowest BCUT2D eigenvalue weighted by Gasteiger charge is -2.07. The van der Waals surface area contributed by atoms with E-state index in [1.807, 2.05) is 79.0 Å². The van der Waals surface area contributed by atoms with Crippen molar-refractivity contribution in [2.75, 3.05) is 12.9 Å². The number of carbonyl (C=O) groups is 1. The molecule has 0 aliphatic rings. The van der Waals surface area contributed by atoms with Crippen molar-refractivity contribution in [1.82, 2.24) is 9.99 Å². The molecule has 1 aromatic heterocycles. The highest BCUT2D eigenvalue weighted by atomic mass is 32.2. The first-order valence-corrected chi connectivity index (χ1v) is 11.3. The summed E-state index contributed by atoms with van der Waals surface area (Å²) < 4.78 is 7.23. The standard InChI is InChI=1S/C26H22N4O2S/c1-32-22-10-12-23(13-11-22)33-18-26(31)29-28-15-21-17-30(25-9-5-4-8-24(21)25)16-20-7-3-2-6-19(20)14-27/h2-13,15,17H,16,18H2,1H3,(H,29,31)/b28-15-. The van der Waals surface area contributed by atoms with E-state index >= 15 is 0 Å². The number of fused-ring (bicyclic) bond motifs is 1. The topological polar surface area (TPSA) is 79.4 Å². The van der Waals surface area contributed by atoms with Crippen LogP contribution in [0.4, 0.5) is 0 Å². The van der Waals surface area contributed by atoms with Gasteiger partial charge < -0.3 is 9.30 Å². The fraction of sp³-hybridized carbons (Fsp3) is 0.115. The quantitative estimate of drug-likeness (QED) is 0.235. The molecule has 4 rings (SSSR count). The second-order valence-electron chi connectivity index (χ2n) is 7.26. The predicted molar refractivity (Wildman–Crippen MR) is 132 cm³/mol. The summed E-state index contributed by atoms with van der Waals surface area (Å²) in [7, 11) is 1.62. The van der Waals surface area contributed by atoms with Crippen LogP contribution in [0, 0.1) is 11.3 Å². The number of hydrogen-bond acceptors (Lipinski definition) is 5. The average molecular weight is 455 g/mol. The summed E-state index contributed by atoms with van der Waals surface area (Å²) in [5.74, 6) is 0.860. The Morgan fingerprint density at radius 3 is 2.67 bits per heavy atom. The van der Waals surface area contributed by atoms with Crippen LogP contribution in [-0.2, 0) is 11.3 Å². The first-order chi connectivity index (χ1) is 16.2. The second-order valence-corrected chi connectivity index (χ2v) is 8.30. The van der Waals surface area contributed by atoms with Gasteiger partial charge in [-0.05, 0) is 42.0 Å². The Bertz CT molecular complexity index is 1340. The number of amides is 1. The lowest BCUT2D eigenvalue weighted by molar-refractivity contribution is -0.118. The van der Waals surface area contributed by atoms with Gasteiger partial charge >= 0.3 is 0 Å². The van der Waals surface area contributed by atoms with Gasteiger partial charge in [0, 0.05) is 34.1 Å². The maximum Gasteiger partial charge on any atom is 0.250 e. The maximum absolute atomic E-state index is 12.2. The zero-order chi connectivity index (χ0) is 23.0. The fourth-order valence-electron chi connectivity index (χ4n) is 3.49. The van der Waals surface area contributed by atoms with Gasteiger partial charge in [0.2, 0.25) is 5.91 Å². The summed E-state index contributed by atoms with van der Waals surface area (Å²) in [6.07, 6.45) is 3.64. The number of thioether (sulfide) groups is 1. The van der Waals surface area contributed by atoms with Crippen molar-refractivity contribution in [3.63, 3.8) is 0 Å². The lowest BCUT2D eigenvalue weighted by Crippen LogP contribution is -2.19. The zero-order valence-corrected chi connectivity index (χ0v) is 18.9. The summed E-state index contributed by atoms with van der Waals surface area (Å²) in [4.78, 5) is 13.2. The largest absolute Gasteiger partial charge is 0.497 e. The highest BCUT2D eigenvalue weighted by Gasteiger charge is 2.09. The van der Waals surface area contributed by atoms with Crippen LogP contribution in [-0.4, -0.2) is 29.6 Å². The van der Waals surface area contributed by atoms with Gasteiger partial charge in [0.25, 0.3) is 0 Å². The van der Waals surface area contributed by atoms with Gasteiger partial charge in [-0.1, -0.05) is 36.4 Å². The minimum absolute atomic E-state index is 0.182. The summed E-state index contributed by atoms with van der Waals surface area (Å²) in [6.45, 7) is 0.572. The number of benzene rings is 3. The maximum atomic E-state index is 12.2. The van der Waals surface area contributed by atoms with Crippen LogP contribution >= 0.6 is 11.8 Å². The van der Waals surface area contributed by atoms with Crippen molar-refractivity contribution in [2.45, 2.75) is 11.4 Å². The van der Waals surface area contributed by atoms with Crippen LogP contribution in [0.5, 0.6) is 5.75 Å². The van der Waals surface area contributed by atoms with E-state index in [1.165, 1.54) is 11.8 Å². The van der Waals surface area contributed by atoms with E-state index in [9.17, 15) is 10.1 Å². The van der Waals surface area contributed by atoms with Crippen LogP contribution in [0.3, 0.4) is 0 Å². The fourth-order valence-corrected chi connectivity index (χ4v) is 4.18. The predicted octanol–water partition coefficient (Wildman–Crippen LogP) is 4.81. The van der Waals surface area contributed by atoms with Crippen molar-refractivity contribution in [2.24, 2.45) is 5.10 Å². The van der Waals surface area contributed by atoms with E-state index in [1.54, 1.807) is 13.3 Å². The minimum atomic E-state index is -0.182. The number of carbonyl (C=O) groups excluding carboxylic acids is 1. The number of nitriles is 1. The molecule has 1 amide bonds. The number of rotatable bonds is 8. The lowest BCUT2D eigenvalue weighted by atomic mass is 10.1. The summed E-state index contributed by atoms with van der Waals surface area (Å²) in [6, 6.07) is 25.4. The normalized spacial score (nSPS) is 10.9. The Morgan fingerprint density at radius 1 is 1.12 bits per heavy atom. The van der Waals surface area contributed by atoms with Crippen LogP contribution < -0.4 is 10.2 Å². The number of nitrogens with one attached hydrogen (secondary N) is 1. The van der Waals surface area contributed by atoms with E-state index < -0.39 is 0 Å². The molecule has 0 atom stereocenters. The molecule has 0 radical (unpaired) electrons. The zero-order valence-electron chi connectivity index (χ0n) is 18.1. The van der Waals surface area contributed by atoms with Crippen molar-refractivity contribution in [1.29, 1.82) is 5.26 Å². The third-order valence-electron chi connectivity index (χ3n) is 5.12. The van der Waals surface area contributed by atoms with Crippen LogP contribution in [0.15, 0.2) is 89.0 Å². The SMILES string of the molecule is COc1ccc(SCC(=O)N/N=C\c2cn(Cc3ccccc3C#N)c3ccccc23)cc1. The van der Waals surface area contributed by atoms with E-state index in [0.717, 1.165) is 32.7 Å². The van der Waals surface area contributed by atoms with Gasteiger partial charge in [-0.2, -0.15) is 10.4 Å². The molecule has 0 fully saturated rings. The molecule has 6 nitrogen and oxygen atoms in total. The number of hydrogen-bond donors (Lipinski definition) is 1. The Hall–Kier alpha value is -4.02. The molecule has 0 aliphatic heterocycles. The van der Waals surface area contributed by atoms with Crippen molar-refractivity contribution in [3.8, 4) is 11.8 Å². The molecule has 0 saturated carbocycles. The first-order valence-electron chi connectivity index (χ1n) is 10.3. The molecule has 33 heavy (non-hydrogen) atoms. The number of nitrogens with zero attached hydrogens (tertiary/aromatic N) is 3. The van der Waals surface area contributed by atoms with Crippen molar-refractivity contribution >= 4 is 34.8 Å². The molecule has 1 N–H and O–H groups in total. The number of ether oxygens (including phenoxy) is 1. The van der Waals surface area contributed by atoms with Gasteiger partial charge in [0.1, 0.15) is 5.75 Å². The number of hydrazone groups is 1. The van der Waals surface area contributed by atoms with Gasteiger partial charge in [-0.3, -0.25) is 4.79 Å². The Kier molecular flexibility index (Phi) is 7.08. The Morgan fingerprint density at radius 2 is 1.88 bits per heavy atom. The number of methoxy groups -OCH3 is 1. The van der Waals surface area contributed by atoms with E-state index in [-0.39, 0.29) is 11.7 Å². The molecule has 4 aromatic rings. The van der Waals surface area contributed by atoms with E-state index in [4.69, 9.17) is 4.74 Å². The third kappa shape index (κ3) is 5.43.